The number of benzene rings is 1. The third-order valence-electron chi connectivity index (χ3n) is 4.14. The lowest BCUT2D eigenvalue weighted by molar-refractivity contribution is 0.0793. The Balaban J connectivity index is 2.02. The number of nitrogens with zero attached hydrogens (tertiary/aromatic N) is 2. The highest BCUT2D eigenvalue weighted by Gasteiger charge is 2.20. The van der Waals surface area contributed by atoms with E-state index in [9.17, 15) is 9.59 Å². The van der Waals surface area contributed by atoms with Gasteiger partial charge >= 0.3 is 0 Å². The smallest absolute Gasteiger partial charge is 0.262 e. The lowest BCUT2D eigenvalue weighted by Crippen LogP contribution is -2.28. The van der Waals surface area contributed by atoms with Crippen molar-refractivity contribution in [1.82, 2.24) is 14.5 Å². The van der Waals surface area contributed by atoms with Crippen molar-refractivity contribution in [1.29, 1.82) is 0 Å². The summed E-state index contributed by atoms with van der Waals surface area (Å²) in [5.41, 5.74) is 1.01. The number of nitrogens with one attached hydrogen (secondary N) is 1. The van der Waals surface area contributed by atoms with Crippen LogP contribution in [0.4, 0.5) is 0 Å². The Morgan fingerprint density at radius 2 is 2.09 bits per heavy atom. The van der Waals surface area contributed by atoms with Crippen LogP contribution in [0.1, 0.15) is 23.2 Å². The SMILES string of the molecule is COCCn1c(=S)[nH]c2cc(C(=O)N3CCCC3)ccc2c1=O. The van der Waals surface area contributed by atoms with Gasteiger partial charge in [0.1, 0.15) is 0 Å². The zero-order valence-corrected chi connectivity index (χ0v) is 13.8. The first-order valence-corrected chi connectivity index (χ1v) is 8.08. The number of H-pyrrole nitrogens is 1. The molecule has 7 heteroatoms. The summed E-state index contributed by atoms with van der Waals surface area (Å²) >= 11 is 5.25. The van der Waals surface area contributed by atoms with Crippen molar-refractivity contribution < 1.29 is 9.53 Å². The number of carbonyl (C=O) groups is 1. The van der Waals surface area contributed by atoms with Gasteiger partial charge in [0.25, 0.3) is 11.5 Å². The molecule has 0 saturated carbocycles. The molecule has 0 bridgehead atoms. The monoisotopic (exact) mass is 333 g/mol. The molecule has 23 heavy (non-hydrogen) atoms. The molecule has 0 unspecified atom stereocenters. The summed E-state index contributed by atoms with van der Waals surface area (Å²) < 4.78 is 6.82. The minimum Gasteiger partial charge on any atom is -0.383 e. The average molecular weight is 333 g/mol. The lowest BCUT2D eigenvalue weighted by Gasteiger charge is -2.15. The molecule has 1 aliphatic heterocycles. The summed E-state index contributed by atoms with van der Waals surface area (Å²) in [5, 5.41) is 0.521. The van der Waals surface area contributed by atoms with E-state index >= 15 is 0 Å². The summed E-state index contributed by atoms with van der Waals surface area (Å²) in [5.74, 6) is 0.00674. The maximum absolute atomic E-state index is 12.5. The van der Waals surface area contributed by atoms with Crippen LogP contribution in [0.15, 0.2) is 23.0 Å². The maximum Gasteiger partial charge on any atom is 0.262 e. The molecule has 0 radical (unpaired) electrons. The Labute approximate surface area is 138 Å². The molecule has 1 aromatic carbocycles. The van der Waals surface area contributed by atoms with E-state index in [1.165, 1.54) is 4.57 Å². The standard InChI is InChI=1S/C16H19N3O3S/c1-22-9-8-19-15(21)12-5-4-11(10-13(12)17-16(19)23)14(20)18-6-2-3-7-18/h4-5,10H,2-3,6-9H2,1H3,(H,17,23). The van der Waals surface area contributed by atoms with Gasteiger partial charge in [0.15, 0.2) is 4.77 Å². The van der Waals surface area contributed by atoms with E-state index in [1.807, 2.05) is 4.90 Å². The molecular formula is C16H19N3O3S. The van der Waals surface area contributed by atoms with Gasteiger partial charge in [-0.25, -0.2) is 0 Å². The van der Waals surface area contributed by atoms with E-state index in [-0.39, 0.29) is 11.5 Å². The molecule has 3 rings (SSSR count). The number of likely N-dealkylation sites (tertiary alicyclic amines) is 1. The number of ether oxygens (including phenoxy) is 1. The first kappa shape index (κ1) is 15.9. The number of carbonyl (C=O) groups excluding carboxylic acids is 1. The van der Waals surface area contributed by atoms with Crippen LogP contribution in [0, 0.1) is 4.77 Å². The highest BCUT2D eigenvalue weighted by atomic mass is 32.1. The van der Waals surface area contributed by atoms with E-state index in [1.54, 1.807) is 25.3 Å². The summed E-state index contributed by atoms with van der Waals surface area (Å²) in [7, 11) is 1.58. The van der Waals surface area contributed by atoms with Crippen molar-refractivity contribution in [3.05, 3.63) is 38.9 Å². The van der Waals surface area contributed by atoms with Crippen LogP contribution in [0.3, 0.4) is 0 Å². The van der Waals surface area contributed by atoms with Gasteiger partial charge in [-0.2, -0.15) is 0 Å². The Hall–Kier alpha value is -1.99. The number of amides is 1. The number of fused-ring (bicyclic) bond motifs is 1. The molecule has 0 atom stereocenters. The summed E-state index contributed by atoms with van der Waals surface area (Å²) in [6.45, 7) is 2.40. The summed E-state index contributed by atoms with van der Waals surface area (Å²) in [4.78, 5) is 29.9. The topological polar surface area (TPSA) is 67.3 Å². The van der Waals surface area contributed by atoms with Crippen LogP contribution >= 0.6 is 12.2 Å². The molecule has 2 aromatic rings. The molecule has 6 nitrogen and oxygen atoms in total. The Kier molecular flexibility index (Phi) is 4.58. The van der Waals surface area contributed by atoms with E-state index < -0.39 is 0 Å². The highest BCUT2D eigenvalue weighted by molar-refractivity contribution is 7.71. The van der Waals surface area contributed by atoms with Crippen LogP contribution in [0.5, 0.6) is 0 Å². The fourth-order valence-corrected chi connectivity index (χ4v) is 3.16. The van der Waals surface area contributed by atoms with E-state index in [0.717, 1.165) is 25.9 Å². The van der Waals surface area contributed by atoms with E-state index in [2.05, 4.69) is 4.98 Å². The minimum absolute atomic E-state index is 0.00674. The van der Waals surface area contributed by atoms with Crippen molar-refractivity contribution in [3.8, 4) is 0 Å². The molecule has 1 fully saturated rings. The maximum atomic E-state index is 12.5. The molecule has 122 valence electrons. The van der Waals surface area contributed by atoms with Gasteiger partial charge in [0.2, 0.25) is 0 Å². The van der Waals surface area contributed by atoms with Gasteiger partial charge in [-0.3, -0.25) is 14.2 Å². The minimum atomic E-state index is -0.166. The quantitative estimate of drug-likeness (QED) is 0.869. The largest absolute Gasteiger partial charge is 0.383 e. The second kappa shape index (κ2) is 6.64. The number of rotatable bonds is 4. The van der Waals surface area contributed by atoms with E-state index in [0.29, 0.717) is 34.4 Å². The Morgan fingerprint density at radius 1 is 1.35 bits per heavy atom. The normalized spacial score (nSPS) is 14.6. The third-order valence-corrected chi connectivity index (χ3v) is 4.46. The van der Waals surface area contributed by atoms with Crippen LogP contribution in [0.2, 0.25) is 0 Å². The summed E-state index contributed by atoms with van der Waals surface area (Å²) in [6.07, 6.45) is 2.10. The predicted molar refractivity (Wildman–Crippen MR) is 90.4 cm³/mol. The zero-order chi connectivity index (χ0) is 16.4. The summed E-state index contributed by atoms with van der Waals surface area (Å²) in [6, 6.07) is 5.12. The molecule has 0 aliphatic carbocycles. The molecule has 1 aromatic heterocycles. The van der Waals surface area contributed by atoms with Gasteiger partial charge in [0.05, 0.1) is 24.1 Å². The average Bonchev–Trinajstić information content (AvgIpc) is 3.08. The Morgan fingerprint density at radius 3 is 2.78 bits per heavy atom. The van der Waals surface area contributed by atoms with Crippen molar-refractivity contribution in [2.45, 2.75) is 19.4 Å². The van der Waals surface area contributed by atoms with Crippen LogP contribution in [0.25, 0.3) is 10.9 Å². The number of aromatic amines is 1. The molecule has 1 aliphatic rings. The van der Waals surface area contributed by atoms with Gasteiger partial charge in [-0.15, -0.1) is 0 Å². The van der Waals surface area contributed by atoms with Gasteiger partial charge < -0.3 is 14.6 Å². The third kappa shape index (κ3) is 3.07. The van der Waals surface area contributed by atoms with Crippen molar-refractivity contribution in [3.63, 3.8) is 0 Å². The van der Waals surface area contributed by atoms with Gasteiger partial charge in [-0.05, 0) is 43.3 Å². The lowest BCUT2D eigenvalue weighted by atomic mass is 10.1. The predicted octanol–water partition coefficient (Wildman–Crippen LogP) is 1.94. The molecule has 0 spiro atoms. The van der Waals surface area contributed by atoms with Crippen molar-refractivity contribution >= 4 is 29.0 Å². The van der Waals surface area contributed by atoms with Crippen LogP contribution in [-0.2, 0) is 11.3 Å². The number of aromatic nitrogens is 2. The molecule has 2 heterocycles. The van der Waals surface area contributed by atoms with Crippen LogP contribution < -0.4 is 5.56 Å². The van der Waals surface area contributed by atoms with Crippen molar-refractivity contribution in [2.75, 3.05) is 26.8 Å². The fraction of sp³-hybridized carbons (Fsp3) is 0.438. The van der Waals surface area contributed by atoms with Gasteiger partial charge in [0, 0.05) is 25.8 Å². The van der Waals surface area contributed by atoms with E-state index in [4.69, 9.17) is 17.0 Å². The molecule has 1 amide bonds. The molecular weight excluding hydrogens is 314 g/mol. The first-order chi connectivity index (χ1) is 11.1. The number of methoxy groups -OCH3 is 1. The second-order valence-corrected chi connectivity index (χ2v) is 6.03. The number of hydrogen-bond acceptors (Lipinski definition) is 4. The fourth-order valence-electron chi connectivity index (χ4n) is 2.88. The van der Waals surface area contributed by atoms with Crippen molar-refractivity contribution in [2.24, 2.45) is 0 Å². The van der Waals surface area contributed by atoms with Gasteiger partial charge in [-0.1, -0.05) is 0 Å². The highest BCUT2D eigenvalue weighted by Crippen LogP contribution is 2.16. The van der Waals surface area contributed by atoms with Crippen LogP contribution in [-0.4, -0.2) is 47.2 Å². The zero-order valence-electron chi connectivity index (χ0n) is 13.0. The number of hydrogen-bond donors (Lipinski definition) is 1. The molecule has 1 saturated heterocycles. The molecule has 1 N–H and O–H groups in total. The first-order valence-electron chi connectivity index (χ1n) is 7.67. The second-order valence-electron chi connectivity index (χ2n) is 5.64. The Bertz CT molecular complexity index is 850.